The Morgan fingerprint density at radius 3 is 2.59 bits per heavy atom. The summed E-state index contributed by atoms with van der Waals surface area (Å²) in [4.78, 5) is 4.64. The maximum absolute atomic E-state index is 4.64. The number of nitrogens with zero attached hydrogens (tertiary/aromatic N) is 2. The second kappa shape index (κ2) is 9.90. The van der Waals surface area contributed by atoms with Crippen LogP contribution in [0.1, 0.15) is 50.5 Å². The number of pyridine rings is 1. The molecule has 4 rings (SSSR count). The Balaban J connectivity index is 1.56. The minimum absolute atomic E-state index is 0.690. The van der Waals surface area contributed by atoms with Gasteiger partial charge in [0.1, 0.15) is 5.65 Å². The van der Waals surface area contributed by atoms with Crippen molar-refractivity contribution in [3.05, 3.63) is 71.2 Å². The van der Waals surface area contributed by atoms with E-state index in [0.717, 1.165) is 11.3 Å². The molecule has 0 saturated carbocycles. The first kappa shape index (κ1) is 20.6. The number of imidazole rings is 1. The first-order valence-electron chi connectivity index (χ1n) is 10.5. The summed E-state index contributed by atoms with van der Waals surface area (Å²) in [6, 6.07) is 15.8. The second-order valence-corrected chi connectivity index (χ2v) is 9.45. The topological polar surface area (TPSA) is 17.3 Å². The van der Waals surface area contributed by atoms with E-state index in [-0.39, 0.29) is 0 Å². The number of fused-ring (bicyclic) bond motifs is 1. The van der Waals surface area contributed by atoms with E-state index in [9.17, 15) is 0 Å². The summed E-state index contributed by atoms with van der Waals surface area (Å²) in [5.41, 5.74) is 7.35. The van der Waals surface area contributed by atoms with Gasteiger partial charge in [0.05, 0.1) is 11.9 Å². The number of thiophene rings is 1. The Hall–Kier alpha value is -1.66. The lowest BCUT2D eigenvalue weighted by Crippen LogP contribution is -2.00. The fourth-order valence-corrected chi connectivity index (χ4v) is 5.38. The Kier molecular flexibility index (Phi) is 7.03. The van der Waals surface area contributed by atoms with Crippen LogP contribution in [0, 0.1) is 0 Å². The van der Waals surface area contributed by atoms with Crippen LogP contribution < -0.4 is 0 Å². The number of rotatable bonds is 9. The lowest BCUT2D eigenvalue weighted by atomic mass is 9.90. The molecule has 29 heavy (non-hydrogen) atoms. The summed E-state index contributed by atoms with van der Waals surface area (Å²) in [5, 5.41) is 4.28. The maximum Gasteiger partial charge on any atom is 0.137 e. The number of hydrogen-bond acceptors (Lipinski definition) is 2. The SMILES string of the molecule is CCCCCC(CCI)c1ccc(-c2ccn3c(-c4ccsc4)cnc3c2)cc1. The van der Waals surface area contributed by atoms with Crippen LogP contribution in [-0.2, 0) is 0 Å². The Labute approximate surface area is 191 Å². The van der Waals surface area contributed by atoms with Crippen LogP contribution in [0.3, 0.4) is 0 Å². The van der Waals surface area contributed by atoms with Gasteiger partial charge in [-0.3, -0.25) is 4.40 Å². The van der Waals surface area contributed by atoms with Crippen molar-refractivity contribution in [3.63, 3.8) is 0 Å². The van der Waals surface area contributed by atoms with Crippen molar-refractivity contribution < 1.29 is 0 Å². The van der Waals surface area contributed by atoms with Gasteiger partial charge in [0.2, 0.25) is 0 Å². The van der Waals surface area contributed by atoms with Crippen LogP contribution in [-0.4, -0.2) is 13.8 Å². The van der Waals surface area contributed by atoms with Crippen LogP contribution in [0.5, 0.6) is 0 Å². The average Bonchev–Trinajstić information content (AvgIpc) is 3.42. The Bertz CT molecular complexity index is 1030. The van der Waals surface area contributed by atoms with Gasteiger partial charge in [-0.1, -0.05) is 73.0 Å². The molecule has 0 aliphatic rings. The summed E-state index contributed by atoms with van der Waals surface area (Å²) >= 11 is 4.23. The Morgan fingerprint density at radius 2 is 1.86 bits per heavy atom. The number of halogens is 1. The van der Waals surface area contributed by atoms with Gasteiger partial charge >= 0.3 is 0 Å². The molecule has 1 aromatic carbocycles. The van der Waals surface area contributed by atoms with E-state index in [1.807, 2.05) is 6.20 Å². The third-order valence-electron chi connectivity index (χ3n) is 5.66. The molecule has 0 radical (unpaired) electrons. The molecule has 0 aliphatic carbocycles. The van der Waals surface area contributed by atoms with E-state index in [0.29, 0.717) is 5.92 Å². The van der Waals surface area contributed by atoms with Crippen LogP contribution in [0.4, 0.5) is 0 Å². The molecule has 2 nitrogen and oxygen atoms in total. The second-order valence-electron chi connectivity index (χ2n) is 7.59. The van der Waals surface area contributed by atoms with Gasteiger partial charge in [-0.05, 0) is 59.0 Å². The van der Waals surface area contributed by atoms with Crippen molar-refractivity contribution in [1.29, 1.82) is 0 Å². The molecule has 4 heteroatoms. The molecule has 0 fully saturated rings. The van der Waals surface area contributed by atoms with Gasteiger partial charge in [0, 0.05) is 21.6 Å². The highest BCUT2D eigenvalue weighted by Gasteiger charge is 2.12. The summed E-state index contributed by atoms with van der Waals surface area (Å²) < 4.78 is 3.39. The van der Waals surface area contributed by atoms with E-state index in [1.54, 1.807) is 11.3 Å². The summed E-state index contributed by atoms with van der Waals surface area (Å²) in [6.45, 7) is 2.28. The molecule has 0 N–H and O–H groups in total. The highest BCUT2D eigenvalue weighted by atomic mass is 127. The molecule has 4 aromatic rings. The number of alkyl halides is 1. The molecule has 0 amide bonds. The van der Waals surface area contributed by atoms with Crippen molar-refractivity contribution >= 4 is 39.6 Å². The van der Waals surface area contributed by atoms with Crippen molar-refractivity contribution in [2.45, 2.75) is 44.9 Å². The predicted octanol–water partition coefficient (Wildman–Crippen LogP) is 8.22. The minimum Gasteiger partial charge on any atom is -0.300 e. The van der Waals surface area contributed by atoms with E-state index in [4.69, 9.17) is 0 Å². The largest absolute Gasteiger partial charge is 0.300 e. The van der Waals surface area contributed by atoms with E-state index in [1.165, 1.54) is 58.8 Å². The molecule has 1 atom stereocenters. The summed E-state index contributed by atoms with van der Waals surface area (Å²) in [7, 11) is 0. The van der Waals surface area contributed by atoms with Gasteiger partial charge in [-0.25, -0.2) is 4.98 Å². The van der Waals surface area contributed by atoms with E-state index in [2.05, 4.69) is 98.3 Å². The number of hydrogen-bond donors (Lipinski definition) is 0. The average molecular weight is 514 g/mol. The smallest absolute Gasteiger partial charge is 0.137 e. The van der Waals surface area contributed by atoms with Crippen LogP contribution in [0.15, 0.2) is 65.6 Å². The monoisotopic (exact) mass is 514 g/mol. The van der Waals surface area contributed by atoms with Crippen LogP contribution in [0.2, 0.25) is 0 Å². The van der Waals surface area contributed by atoms with Crippen molar-refractivity contribution in [2.24, 2.45) is 0 Å². The zero-order chi connectivity index (χ0) is 20.1. The van der Waals surface area contributed by atoms with Gasteiger partial charge in [0.15, 0.2) is 0 Å². The molecule has 3 aromatic heterocycles. The minimum atomic E-state index is 0.690. The highest BCUT2D eigenvalue weighted by molar-refractivity contribution is 14.1. The molecule has 0 bridgehead atoms. The lowest BCUT2D eigenvalue weighted by Gasteiger charge is -2.17. The number of unbranched alkanes of at least 4 members (excludes halogenated alkanes) is 2. The molecule has 0 saturated heterocycles. The van der Waals surface area contributed by atoms with Crippen LogP contribution in [0.25, 0.3) is 28.0 Å². The van der Waals surface area contributed by atoms with Crippen molar-refractivity contribution in [2.75, 3.05) is 4.43 Å². The molecular weight excluding hydrogens is 487 g/mol. The zero-order valence-electron chi connectivity index (χ0n) is 16.9. The first-order valence-corrected chi connectivity index (χ1v) is 12.9. The Morgan fingerprint density at radius 1 is 1.00 bits per heavy atom. The third-order valence-corrected chi connectivity index (χ3v) is 6.97. The van der Waals surface area contributed by atoms with Crippen molar-refractivity contribution in [3.8, 4) is 22.4 Å². The number of benzene rings is 1. The summed E-state index contributed by atoms with van der Waals surface area (Å²) in [5.74, 6) is 0.690. The molecular formula is C25H27IN2S. The summed E-state index contributed by atoms with van der Waals surface area (Å²) in [6.07, 6.45) is 10.7. The van der Waals surface area contributed by atoms with E-state index < -0.39 is 0 Å². The van der Waals surface area contributed by atoms with Gasteiger partial charge in [-0.15, -0.1) is 0 Å². The standard InChI is InChI=1S/C25H27IN2S/c1-2-3-4-5-19(10-13-26)20-6-8-21(9-7-20)22-11-14-28-24(17-27-25(28)16-22)23-12-15-29-18-23/h6-9,11-12,14-19H,2-5,10,13H2,1H3. The molecule has 0 spiro atoms. The fraction of sp³-hybridized carbons (Fsp3) is 0.320. The quantitative estimate of drug-likeness (QED) is 0.125. The van der Waals surface area contributed by atoms with Crippen molar-refractivity contribution in [1.82, 2.24) is 9.38 Å². The molecule has 1 unspecified atom stereocenters. The lowest BCUT2D eigenvalue weighted by molar-refractivity contribution is 0.558. The molecule has 150 valence electrons. The highest BCUT2D eigenvalue weighted by Crippen LogP contribution is 2.30. The maximum atomic E-state index is 4.64. The zero-order valence-corrected chi connectivity index (χ0v) is 19.8. The van der Waals surface area contributed by atoms with Gasteiger partial charge in [0.25, 0.3) is 0 Å². The molecule has 0 aliphatic heterocycles. The van der Waals surface area contributed by atoms with E-state index >= 15 is 0 Å². The first-order chi connectivity index (χ1) is 14.3. The number of aromatic nitrogens is 2. The predicted molar refractivity (Wildman–Crippen MR) is 134 cm³/mol. The van der Waals surface area contributed by atoms with Gasteiger partial charge < -0.3 is 0 Å². The van der Waals surface area contributed by atoms with Crippen LogP contribution >= 0.6 is 33.9 Å². The molecule has 3 heterocycles. The van der Waals surface area contributed by atoms with Gasteiger partial charge in [-0.2, -0.15) is 11.3 Å². The fourth-order valence-electron chi connectivity index (χ4n) is 3.98. The normalized spacial score (nSPS) is 12.5. The third kappa shape index (κ3) is 4.75.